The fraction of sp³-hybridized carbons (Fsp3) is 0.368. The fourth-order valence-corrected chi connectivity index (χ4v) is 4.62. The number of anilines is 1. The molecular weight excluding hydrogens is 410 g/mol. The number of nitrogens with zero attached hydrogens (tertiary/aromatic N) is 5. The molecule has 0 aliphatic carbocycles. The van der Waals surface area contributed by atoms with Crippen LogP contribution in [0.5, 0.6) is 0 Å². The molecule has 1 amide bonds. The lowest BCUT2D eigenvalue weighted by atomic mass is 10.2. The highest BCUT2D eigenvalue weighted by atomic mass is 32.2. The number of pyridine rings is 1. The molecule has 2 saturated heterocycles. The van der Waals surface area contributed by atoms with Gasteiger partial charge in [-0.05, 0) is 18.2 Å². The highest BCUT2D eigenvalue weighted by Crippen LogP contribution is 2.32. The van der Waals surface area contributed by atoms with E-state index < -0.39 is 0 Å². The summed E-state index contributed by atoms with van der Waals surface area (Å²) in [6.07, 6.45) is 3.29. The number of likely N-dealkylation sites (N-methyl/N-ethyl adjacent to an activating group) is 1. The summed E-state index contributed by atoms with van der Waals surface area (Å²) < 4.78 is 1.96. The Bertz CT molecular complexity index is 1060. The number of aromatic nitrogens is 2. The van der Waals surface area contributed by atoms with Gasteiger partial charge in [-0.15, -0.1) is 0 Å². The van der Waals surface area contributed by atoms with Crippen LogP contribution in [0, 0.1) is 0 Å². The number of piperazine rings is 1. The molecule has 0 aromatic carbocycles. The topological polar surface area (TPSA) is 81.4 Å². The Balaban J connectivity index is 1.79. The van der Waals surface area contributed by atoms with Crippen molar-refractivity contribution < 1.29 is 9.90 Å². The van der Waals surface area contributed by atoms with Crippen LogP contribution in [0.4, 0.5) is 5.82 Å². The molecule has 2 aromatic rings. The number of aliphatic hydroxyl groups excluding tert-OH is 1. The van der Waals surface area contributed by atoms with Gasteiger partial charge in [-0.2, -0.15) is 0 Å². The van der Waals surface area contributed by atoms with E-state index in [1.165, 1.54) is 21.1 Å². The Morgan fingerprint density at radius 3 is 2.66 bits per heavy atom. The summed E-state index contributed by atoms with van der Waals surface area (Å²) in [5.74, 6) is 0.363. The van der Waals surface area contributed by atoms with Crippen molar-refractivity contribution in [1.29, 1.82) is 0 Å². The number of thiocarbonyl (C=S) groups is 1. The minimum Gasteiger partial charge on any atom is -0.395 e. The third-order valence-corrected chi connectivity index (χ3v) is 6.58. The van der Waals surface area contributed by atoms with E-state index in [9.17, 15) is 9.59 Å². The summed E-state index contributed by atoms with van der Waals surface area (Å²) in [5, 5.41) is 9.16. The van der Waals surface area contributed by atoms with Crippen molar-refractivity contribution in [2.75, 3.05) is 51.3 Å². The summed E-state index contributed by atoms with van der Waals surface area (Å²) >= 11 is 6.40. The fourth-order valence-electron chi connectivity index (χ4n) is 3.46. The van der Waals surface area contributed by atoms with Crippen molar-refractivity contribution >= 4 is 51.7 Å². The number of amides is 1. The van der Waals surface area contributed by atoms with Crippen LogP contribution in [-0.2, 0) is 4.79 Å². The molecule has 0 bridgehead atoms. The number of hydrogen-bond acceptors (Lipinski definition) is 8. The van der Waals surface area contributed by atoms with Gasteiger partial charge in [0.15, 0.2) is 0 Å². The summed E-state index contributed by atoms with van der Waals surface area (Å²) in [7, 11) is 1.63. The molecule has 0 unspecified atom stereocenters. The SMILES string of the molecule is CN1C(=O)/C(=C\c2c(N3CCN(CCO)CC3)nc3ccccn3c2=O)SC1=S. The zero-order valence-corrected chi connectivity index (χ0v) is 17.6. The van der Waals surface area contributed by atoms with Crippen molar-refractivity contribution in [1.82, 2.24) is 19.2 Å². The van der Waals surface area contributed by atoms with E-state index in [4.69, 9.17) is 22.3 Å². The maximum absolute atomic E-state index is 13.3. The van der Waals surface area contributed by atoms with Crippen LogP contribution >= 0.6 is 24.0 Å². The second-order valence-corrected chi connectivity index (χ2v) is 8.55. The Hall–Kier alpha value is -2.27. The first-order chi connectivity index (χ1) is 14.0. The lowest BCUT2D eigenvalue weighted by molar-refractivity contribution is -0.121. The molecule has 0 saturated carbocycles. The summed E-state index contributed by atoms with van der Waals surface area (Å²) in [4.78, 5) is 36.6. The molecule has 0 radical (unpaired) electrons. The molecule has 2 aliphatic heterocycles. The van der Waals surface area contributed by atoms with Crippen molar-refractivity contribution in [3.05, 3.63) is 45.2 Å². The van der Waals surface area contributed by atoms with E-state index in [-0.39, 0.29) is 18.1 Å². The Morgan fingerprint density at radius 2 is 2.00 bits per heavy atom. The lowest BCUT2D eigenvalue weighted by Crippen LogP contribution is -2.48. The average molecular weight is 432 g/mol. The summed E-state index contributed by atoms with van der Waals surface area (Å²) in [6, 6.07) is 5.41. The van der Waals surface area contributed by atoms with E-state index in [1.54, 1.807) is 31.5 Å². The number of rotatable bonds is 4. The molecule has 4 heterocycles. The van der Waals surface area contributed by atoms with Crippen molar-refractivity contribution in [2.24, 2.45) is 0 Å². The standard InChI is InChI=1S/C19H21N5O3S2/c1-21-18(27)14(29-19(21)28)12-13-16(23-8-6-22(7-9-23)10-11-25)20-15-4-2-3-5-24(15)17(13)26/h2-5,12,25H,6-11H2,1H3/b14-12+. The predicted octanol–water partition coefficient (Wildman–Crippen LogP) is 0.640. The van der Waals surface area contributed by atoms with Gasteiger partial charge < -0.3 is 10.0 Å². The van der Waals surface area contributed by atoms with Crippen LogP contribution in [0.25, 0.3) is 11.7 Å². The van der Waals surface area contributed by atoms with Gasteiger partial charge in [0.25, 0.3) is 11.5 Å². The third kappa shape index (κ3) is 3.80. The van der Waals surface area contributed by atoms with E-state index in [0.29, 0.717) is 45.9 Å². The number of fused-ring (bicyclic) bond motifs is 1. The highest BCUT2D eigenvalue weighted by molar-refractivity contribution is 8.26. The van der Waals surface area contributed by atoms with Gasteiger partial charge >= 0.3 is 0 Å². The molecule has 29 heavy (non-hydrogen) atoms. The zero-order chi connectivity index (χ0) is 20.5. The molecule has 2 aliphatic rings. The maximum Gasteiger partial charge on any atom is 0.267 e. The summed E-state index contributed by atoms with van der Waals surface area (Å²) in [5.41, 5.74) is 0.730. The van der Waals surface area contributed by atoms with Crippen LogP contribution < -0.4 is 10.5 Å². The molecule has 2 aromatic heterocycles. The van der Waals surface area contributed by atoms with E-state index in [1.807, 2.05) is 6.07 Å². The van der Waals surface area contributed by atoms with Crippen LogP contribution in [0.3, 0.4) is 0 Å². The van der Waals surface area contributed by atoms with Crippen molar-refractivity contribution in [3.63, 3.8) is 0 Å². The van der Waals surface area contributed by atoms with Gasteiger partial charge in [0.1, 0.15) is 15.8 Å². The molecule has 152 valence electrons. The largest absolute Gasteiger partial charge is 0.395 e. The predicted molar refractivity (Wildman–Crippen MR) is 118 cm³/mol. The zero-order valence-electron chi connectivity index (χ0n) is 15.9. The number of carbonyl (C=O) groups is 1. The van der Waals surface area contributed by atoms with Gasteiger partial charge in [0.2, 0.25) is 0 Å². The number of β-amino-alcohol motifs (C(OH)–C–C–N with tert-alkyl or cyclic N) is 1. The molecule has 10 heteroatoms. The number of thioether (sulfide) groups is 1. The third-order valence-electron chi connectivity index (χ3n) is 5.10. The summed E-state index contributed by atoms with van der Waals surface area (Å²) in [6.45, 7) is 3.67. The van der Waals surface area contributed by atoms with Gasteiger partial charge in [-0.1, -0.05) is 30.0 Å². The quantitative estimate of drug-likeness (QED) is 0.558. The molecule has 1 N–H and O–H groups in total. The van der Waals surface area contributed by atoms with Gasteiger partial charge in [-0.25, -0.2) is 4.98 Å². The average Bonchev–Trinajstić information content (AvgIpc) is 2.97. The first-order valence-electron chi connectivity index (χ1n) is 9.30. The maximum atomic E-state index is 13.3. The Labute approximate surface area is 177 Å². The smallest absolute Gasteiger partial charge is 0.267 e. The number of aliphatic hydroxyl groups is 1. The minimum atomic E-state index is -0.218. The van der Waals surface area contributed by atoms with E-state index >= 15 is 0 Å². The lowest BCUT2D eigenvalue weighted by Gasteiger charge is -2.35. The van der Waals surface area contributed by atoms with E-state index in [2.05, 4.69) is 9.80 Å². The van der Waals surface area contributed by atoms with E-state index in [0.717, 1.165) is 13.1 Å². The van der Waals surface area contributed by atoms with Crippen LogP contribution in [0.2, 0.25) is 0 Å². The molecule has 4 rings (SSSR count). The van der Waals surface area contributed by atoms with Gasteiger partial charge in [0.05, 0.1) is 17.1 Å². The van der Waals surface area contributed by atoms with Crippen molar-refractivity contribution in [2.45, 2.75) is 0 Å². The normalized spacial score (nSPS) is 19.7. The molecule has 0 atom stereocenters. The first-order valence-corrected chi connectivity index (χ1v) is 10.5. The molecule has 2 fully saturated rings. The monoisotopic (exact) mass is 431 g/mol. The highest BCUT2D eigenvalue weighted by Gasteiger charge is 2.30. The second kappa shape index (κ2) is 8.23. The first kappa shape index (κ1) is 20.0. The van der Waals surface area contributed by atoms with Gasteiger partial charge in [0, 0.05) is 46.0 Å². The molecular formula is C19H21N5O3S2. The van der Waals surface area contributed by atoms with Crippen LogP contribution in [0.15, 0.2) is 34.1 Å². The van der Waals surface area contributed by atoms with Crippen LogP contribution in [-0.4, -0.2) is 80.9 Å². The second-order valence-electron chi connectivity index (χ2n) is 6.88. The van der Waals surface area contributed by atoms with Crippen molar-refractivity contribution in [3.8, 4) is 0 Å². The number of hydrogen-bond donors (Lipinski definition) is 1. The minimum absolute atomic E-state index is 0.125. The van der Waals surface area contributed by atoms with Gasteiger partial charge in [-0.3, -0.25) is 23.8 Å². The Kier molecular flexibility index (Phi) is 5.68. The van der Waals surface area contributed by atoms with Crippen LogP contribution in [0.1, 0.15) is 5.56 Å². The molecule has 8 nitrogen and oxygen atoms in total. The molecule has 0 spiro atoms. The number of carbonyl (C=O) groups excluding carboxylic acids is 1. The Morgan fingerprint density at radius 1 is 1.24 bits per heavy atom.